The number of hydrogen-bond acceptors (Lipinski definition) is 3. The van der Waals surface area contributed by atoms with Crippen LogP contribution in [0.4, 0.5) is 0 Å². The molecule has 2 rings (SSSR count). The number of carbonyl (C=O) groups excluding carboxylic acids is 1. The fraction of sp³-hybridized carbons (Fsp3) is 0. The Balaban J connectivity index is 2.32. The van der Waals surface area contributed by atoms with E-state index in [9.17, 15) is 4.79 Å². The van der Waals surface area contributed by atoms with Gasteiger partial charge < -0.3 is 9.47 Å². The smallest absolute Gasteiger partial charge is 0.335 e. The van der Waals surface area contributed by atoms with Gasteiger partial charge in [0.2, 0.25) is 0 Å². The summed E-state index contributed by atoms with van der Waals surface area (Å²) in [4.78, 5) is 11.3. The first-order valence-electron chi connectivity index (χ1n) is 5.56. The van der Waals surface area contributed by atoms with Crippen LogP contribution in [0.5, 0.6) is 17.2 Å². The van der Waals surface area contributed by atoms with E-state index in [1.807, 2.05) is 18.2 Å². The zero-order valence-electron chi connectivity index (χ0n) is 10.0. The van der Waals surface area contributed by atoms with Crippen LogP contribution >= 0.6 is 11.6 Å². The second-order valence-electron chi connectivity index (χ2n) is 3.61. The molecule has 0 N–H and O–H groups in total. The molecule has 2 aromatic carbocycles. The van der Waals surface area contributed by atoms with Crippen LogP contribution in [0.3, 0.4) is 0 Å². The number of hydrogen-bond donors (Lipinski definition) is 0. The van der Waals surface area contributed by atoms with Gasteiger partial charge in [-0.2, -0.15) is 0 Å². The number of para-hydroxylation sites is 2. The van der Waals surface area contributed by atoms with Crippen LogP contribution in [0, 0.1) is 0 Å². The molecule has 4 heteroatoms. The zero-order valence-corrected chi connectivity index (χ0v) is 10.8. The quantitative estimate of drug-likeness (QED) is 0.476. The molecule has 19 heavy (non-hydrogen) atoms. The van der Waals surface area contributed by atoms with E-state index in [1.165, 1.54) is 0 Å². The summed E-state index contributed by atoms with van der Waals surface area (Å²) in [5.41, 5.74) is 0. The molecule has 3 nitrogen and oxygen atoms in total. The van der Waals surface area contributed by atoms with Crippen LogP contribution in [0.25, 0.3) is 0 Å². The van der Waals surface area contributed by atoms with Crippen LogP contribution in [-0.2, 0) is 4.79 Å². The largest absolute Gasteiger partial charge is 0.453 e. The van der Waals surface area contributed by atoms with Gasteiger partial charge in [-0.25, -0.2) is 4.79 Å². The van der Waals surface area contributed by atoms with Crippen molar-refractivity contribution < 1.29 is 14.3 Å². The van der Waals surface area contributed by atoms with Crippen molar-refractivity contribution in [2.24, 2.45) is 0 Å². The van der Waals surface area contributed by atoms with E-state index in [0.29, 0.717) is 16.5 Å². The third kappa shape index (κ3) is 3.36. The van der Waals surface area contributed by atoms with Crippen LogP contribution < -0.4 is 9.47 Å². The van der Waals surface area contributed by atoms with Gasteiger partial charge in [0.1, 0.15) is 5.75 Å². The van der Waals surface area contributed by atoms with Gasteiger partial charge in [-0.05, 0) is 24.3 Å². The third-order valence-corrected chi connectivity index (χ3v) is 2.57. The summed E-state index contributed by atoms with van der Waals surface area (Å²) in [6, 6.07) is 14.1. The van der Waals surface area contributed by atoms with Gasteiger partial charge in [-0.1, -0.05) is 42.4 Å². The highest BCUT2D eigenvalue weighted by Crippen LogP contribution is 2.37. The van der Waals surface area contributed by atoms with E-state index in [0.717, 1.165) is 6.08 Å². The van der Waals surface area contributed by atoms with Crippen LogP contribution in [0.2, 0.25) is 5.02 Å². The normalized spacial score (nSPS) is 9.74. The lowest BCUT2D eigenvalue weighted by Gasteiger charge is -2.11. The summed E-state index contributed by atoms with van der Waals surface area (Å²) in [7, 11) is 0. The summed E-state index contributed by atoms with van der Waals surface area (Å²) in [5.74, 6) is 0.582. The minimum absolute atomic E-state index is 0.179. The molecule has 0 amide bonds. The SMILES string of the molecule is C=CC(=O)Oc1c(Cl)cccc1Oc1ccccc1. The van der Waals surface area contributed by atoms with Crippen molar-refractivity contribution in [2.75, 3.05) is 0 Å². The standard InChI is InChI=1S/C15H11ClO3/c1-2-14(17)19-15-12(16)9-6-10-13(15)18-11-7-4-3-5-8-11/h2-10H,1H2. The number of benzene rings is 2. The summed E-state index contributed by atoms with van der Waals surface area (Å²) >= 11 is 6.01. The Morgan fingerprint density at radius 3 is 2.53 bits per heavy atom. The predicted molar refractivity (Wildman–Crippen MR) is 73.8 cm³/mol. The van der Waals surface area contributed by atoms with Gasteiger partial charge >= 0.3 is 5.97 Å². The lowest BCUT2D eigenvalue weighted by atomic mass is 10.3. The number of esters is 1. The molecule has 0 radical (unpaired) electrons. The highest BCUT2D eigenvalue weighted by molar-refractivity contribution is 6.32. The van der Waals surface area contributed by atoms with Gasteiger partial charge in [0, 0.05) is 6.08 Å². The molecule has 0 aliphatic carbocycles. The summed E-state index contributed by atoms with van der Waals surface area (Å²) < 4.78 is 10.7. The monoisotopic (exact) mass is 274 g/mol. The molecule has 0 aliphatic heterocycles. The summed E-state index contributed by atoms with van der Waals surface area (Å²) in [5, 5.41) is 0.295. The van der Waals surface area contributed by atoms with Gasteiger partial charge in [0.25, 0.3) is 0 Å². The Morgan fingerprint density at radius 2 is 1.84 bits per heavy atom. The van der Waals surface area contributed by atoms with E-state index in [2.05, 4.69) is 6.58 Å². The van der Waals surface area contributed by atoms with E-state index in [-0.39, 0.29) is 5.75 Å². The number of halogens is 1. The minimum atomic E-state index is -0.592. The van der Waals surface area contributed by atoms with E-state index >= 15 is 0 Å². The van der Waals surface area contributed by atoms with Crippen molar-refractivity contribution in [3.63, 3.8) is 0 Å². The summed E-state index contributed by atoms with van der Waals surface area (Å²) in [6.45, 7) is 3.34. The average Bonchev–Trinajstić information content (AvgIpc) is 2.43. The molecule has 0 spiro atoms. The average molecular weight is 275 g/mol. The van der Waals surface area contributed by atoms with Crippen LogP contribution in [0.15, 0.2) is 61.2 Å². The van der Waals surface area contributed by atoms with Crippen molar-refractivity contribution >= 4 is 17.6 Å². The van der Waals surface area contributed by atoms with Crippen molar-refractivity contribution in [3.05, 3.63) is 66.2 Å². The molecule has 0 fully saturated rings. The van der Waals surface area contributed by atoms with Crippen molar-refractivity contribution in [1.82, 2.24) is 0 Å². The number of ether oxygens (including phenoxy) is 2. The predicted octanol–water partition coefficient (Wildman–Crippen LogP) is 4.22. The molecule has 0 aliphatic rings. The van der Waals surface area contributed by atoms with Gasteiger partial charge in [0.05, 0.1) is 5.02 Å². The van der Waals surface area contributed by atoms with E-state index in [1.54, 1.807) is 30.3 Å². The molecule has 0 saturated carbocycles. The first kappa shape index (κ1) is 13.2. The first-order valence-corrected chi connectivity index (χ1v) is 5.94. The fourth-order valence-corrected chi connectivity index (χ4v) is 1.63. The van der Waals surface area contributed by atoms with Gasteiger partial charge in [0.15, 0.2) is 11.5 Å². The lowest BCUT2D eigenvalue weighted by Crippen LogP contribution is -2.04. The van der Waals surface area contributed by atoms with Crippen molar-refractivity contribution in [2.45, 2.75) is 0 Å². The molecule has 0 atom stereocenters. The Hall–Kier alpha value is -2.26. The molecule has 2 aromatic rings. The second-order valence-corrected chi connectivity index (χ2v) is 4.01. The van der Waals surface area contributed by atoms with E-state index in [4.69, 9.17) is 21.1 Å². The number of rotatable bonds is 4. The fourth-order valence-electron chi connectivity index (χ4n) is 1.43. The van der Waals surface area contributed by atoms with E-state index < -0.39 is 5.97 Å². The molecule has 96 valence electrons. The highest BCUT2D eigenvalue weighted by Gasteiger charge is 2.13. The highest BCUT2D eigenvalue weighted by atomic mass is 35.5. The molecular formula is C15H11ClO3. The van der Waals surface area contributed by atoms with Gasteiger partial charge in [-0.3, -0.25) is 0 Å². The zero-order chi connectivity index (χ0) is 13.7. The number of carbonyl (C=O) groups is 1. The lowest BCUT2D eigenvalue weighted by molar-refractivity contribution is -0.129. The Morgan fingerprint density at radius 1 is 1.11 bits per heavy atom. The van der Waals surface area contributed by atoms with Crippen molar-refractivity contribution in [3.8, 4) is 17.2 Å². The molecule has 0 aromatic heterocycles. The maximum Gasteiger partial charge on any atom is 0.335 e. The maximum absolute atomic E-state index is 11.3. The summed E-state index contributed by atoms with van der Waals surface area (Å²) in [6.07, 6.45) is 1.07. The van der Waals surface area contributed by atoms with Crippen molar-refractivity contribution in [1.29, 1.82) is 0 Å². The molecule has 0 saturated heterocycles. The topological polar surface area (TPSA) is 35.5 Å². The Kier molecular flexibility index (Phi) is 4.21. The first-order chi connectivity index (χ1) is 9.20. The Bertz CT molecular complexity index is 594. The molecule has 0 heterocycles. The Labute approximate surface area is 116 Å². The van der Waals surface area contributed by atoms with Gasteiger partial charge in [-0.15, -0.1) is 0 Å². The third-order valence-electron chi connectivity index (χ3n) is 2.27. The second kappa shape index (κ2) is 6.07. The maximum atomic E-state index is 11.3. The molecule has 0 unspecified atom stereocenters. The van der Waals surface area contributed by atoms with Crippen LogP contribution in [-0.4, -0.2) is 5.97 Å². The minimum Gasteiger partial charge on any atom is -0.453 e. The molecule has 0 bridgehead atoms. The molecular weight excluding hydrogens is 264 g/mol. The van der Waals surface area contributed by atoms with Crippen LogP contribution in [0.1, 0.15) is 0 Å².